The molecule has 0 aliphatic carbocycles. The number of rotatable bonds is 7. The fraction of sp³-hybridized carbons (Fsp3) is 0.207. The fourth-order valence-electron chi connectivity index (χ4n) is 4.14. The number of amides is 1. The van der Waals surface area contributed by atoms with Gasteiger partial charge in [-0.2, -0.15) is 0 Å². The molecule has 4 rings (SSSR count). The molecule has 0 saturated heterocycles. The van der Waals surface area contributed by atoms with Gasteiger partial charge in [0.2, 0.25) is 0 Å². The van der Waals surface area contributed by atoms with Gasteiger partial charge in [0.15, 0.2) is 11.5 Å². The number of aromatic nitrogens is 1. The molecule has 7 heteroatoms. The van der Waals surface area contributed by atoms with Crippen LogP contribution in [0.3, 0.4) is 0 Å². The van der Waals surface area contributed by atoms with Crippen molar-refractivity contribution >= 4 is 16.8 Å². The second-order valence-electron chi connectivity index (χ2n) is 8.33. The largest absolute Gasteiger partial charge is 0.493 e. The maximum atomic E-state index is 13.2. The van der Waals surface area contributed by atoms with Crippen molar-refractivity contribution in [2.24, 2.45) is 0 Å². The van der Waals surface area contributed by atoms with Crippen LogP contribution in [0.1, 0.15) is 34.3 Å². The van der Waals surface area contributed by atoms with E-state index in [2.05, 4.69) is 22.1 Å². The number of H-pyrrole nitrogens is 1. The highest BCUT2D eigenvalue weighted by atomic mass is 16.5. The minimum atomic E-state index is -1.12. The molecule has 0 aliphatic heterocycles. The summed E-state index contributed by atoms with van der Waals surface area (Å²) in [6.07, 6.45) is 0.735. The first-order valence-corrected chi connectivity index (χ1v) is 11.5. The summed E-state index contributed by atoms with van der Waals surface area (Å²) in [5, 5.41) is 23.7. The molecule has 0 spiro atoms. The first-order chi connectivity index (χ1) is 17.4. The fourth-order valence-corrected chi connectivity index (χ4v) is 4.14. The molecule has 4 N–H and O–H groups in total. The average Bonchev–Trinajstić information content (AvgIpc) is 3.34. The van der Waals surface area contributed by atoms with Gasteiger partial charge in [0, 0.05) is 34.1 Å². The first kappa shape index (κ1) is 24.9. The molecule has 1 amide bonds. The minimum Gasteiger partial charge on any atom is -0.493 e. The van der Waals surface area contributed by atoms with E-state index in [0.717, 1.165) is 27.6 Å². The van der Waals surface area contributed by atoms with Crippen molar-refractivity contribution in [2.75, 3.05) is 20.8 Å². The Bertz CT molecular complexity index is 1450. The molecule has 184 valence electrons. The number of aliphatic hydroxyl groups excluding tert-OH is 2. The van der Waals surface area contributed by atoms with E-state index in [9.17, 15) is 9.90 Å². The number of hydrogen-bond donors (Lipinski definition) is 4. The second kappa shape index (κ2) is 11.0. The summed E-state index contributed by atoms with van der Waals surface area (Å²) < 4.78 is 10.7. The highest BCUT2D eigenvalue weighted by molar-refractivity contribution is 5.96. The maximum absolute atomic E-state index is 13.2. The normalized spacial score (nSPS) is 12.4. The van der Waals surface area contributed by atoms with Crippen molar-refractivity contribution < 1.29 is 24.5 Å². The average molecular weight is 485 g/mol. The number of benzene rings is 3. The third-order valence-corrected chi connectivity index (χ3v) is 6.09. The van der Waals surface area contributed by atoms with Crippen LogP contribution in [-0.2, 0) is 0 Å². The Morgan fingerprint density at radius 2 is 1.81 bits per heavy atom. The highest BCUT2D eigenvalue weighted by Crippen LogP contribution is 2.33. The number of hydrogen-bond acceptors (Lipinski definition) is 5. The SMILES string of the molecule is COc1ccc(-c2cc(C#CCO)cc(C(=O)N[C@H](O)C(C)c3c[nH]c4ccccc34)c2)cc1OC. The van der Waals surface area contributed by atoms with Crippen molar-refractivity contribution in [1.29, 1.82) is 0 Å². The van der Waals surface area contributed by atoms with Crippen LogP contribution in [0.4, 0.5) is 0 Å². The molecule has 0 radical (unpaired) electrons. The van der Waals surface area contributed by atoms with Crippen LogP contribution in [0.15, 0.2) is 66.9 Å². The third kappa shape index (κ3) is 5.20. The van der Waals surface area contributed by atoms with E-state index in [1.54, 1.807) is 32.4 Å². The van der Waals surface area contributed by atoms with Gasteiger partial charge in [0.05, 0.1) is 14.2 Å². The molecule has 4 aromatic rings. The number of methoxy groups -OCH3 is 2. The Balaban J connectivity index is 1.64. The summed E-state index contributed by atoms with van der Waals surface area (Å²) >= 11 is 0. The van der Waals surface area contributed by atoms with Gasteiger partial charge in [-0.1, -0.05) is 43.0 Å². The Morgan fingerprint density at radius 3 is 2.56 bits per heavy atom. The Kier molecular flexibility index (Phi) is 7.59. The number of aliphatic hydroxyl groups is 2. The molecular formula is C29H28N2O5. The van der Waals surface area contributed by atoms with Crippen molar-refractivity contribution in [3.05, 3.63) is 83.6 Å². The van der Waals surface area contributed by atoms with Crippen LogP contribution in [0.25, 0.3) is 22.0 Å². The van der Waals surface area contributed by atoms with Crippen LogP contribution < -0.4 is 14.8 Å². The van der Waals surface area contributed by atoms with Gasteiger partial charge in [-0.25, -0.2) is 0 Å². The zero-order valence-electron chi connectivity index (χ0n) is 20.3. The van der Waals surface area contributed by atoms with E-state index >= 15 is 0 Å². The zero-order valence-corrected chi connectivity index (χ0v) is 20.3. The summed E-state index contributed by atoms with van der Waals surface area (Å²) in [6.45, 7) is 1.56. The number of carbonyl (C=O) groups is 1. The van der Waals surface area contributed by atoms with Gasteiger partial charge < -0.3 is 30.0 Å². The lowest BCUT2D eigenvalue weighted by molar-refractivity contribution is 0.0728. The van der Waals surface area contributed by atoms with E-state index in [0.29, 0.717) is 22.6 Å². The minimum absolute atomic E-state index is 0.303. The quantitative estimate of drug-likeness (QED) is 0.234. The number of carbonyl (C=O) groups excluding carboxylic acids is 1. The Hall–Kier alpha value is -4.25. The van der Waals surface area contributed by atoms with E-state index in [-0.39, 0.29) is 12.5 Å². The number of nitrogens with one attached hydrogen (secondary N) is 2. The molecule has 0 bridgehead atoms. The van der Waals surface area contributed by atoms with Crippen LogP contribution in [0, 0.1) is 11.8 Å². The van der Waals surface area contributed by atoms with Crippen LogP contribution in [-0.4, -0.2) is 48.2 Å². The lowest BCUT2D eigenvalue weighted by atomic mass is 9.97. The number of fused-ring (bicyclic) bond motifs is 1. The number of ether oxygens (including phenoxy) is 2. The van der Waals surface area contributed by atoms with Gasteiger partial charge in [-0.05, 0) is 53.1 Å². The molecule has 1 aromatic heterocycles. The molecular weight excluding hydrogens is 456 g/mol. The maximum Gasteiger partial charge on any atom is 0.253 e. The Morgan fingerprint density at radius 1 is 1.03 bits per heavy atom. The predicted octanol–water partition coefficient (Wildman–Crippen LogP) is 4.05. The molecule has 0 saturated carbocycles. The topological polar surface area (TPSA) is 104 Å². The molecule has 0 aliphatic rings. The van der Waals surface area contributed by atoms with Crippen molar-refractivity contribution in [3.8, 4) is 34.5 Å². The van der Waals surface area contributed by atoms with E-state index < -0.39 is 12.1 Å². The standard InChI is InChI=1S/C29H28N2O5/c1-18(24-17-30-25-9-5-4-8-23(24)25)28(33)31-29(34)22-14-19(7-6-12-32)13-21(15-22)20-10-11-26(35-2)27(16-20)36-3/h4-5,8-11,13-18,28,30,32-33H,12H2,1-3H3,(H,31,34)/t18?,28-/m1/s1. The summed E-state index contributed by atoms with van der Waals surface area (Å²) in [6, 6.07) is 18.5. The second-order valence-corrected chi connectivity index (χ2v) is 8.33. The van der Waals surface area contributed by atoms with E-state index in [1.807, 2.05) is 55.6 Å². The van der Waals surface area contributed by atoms with Gasteiger partial charge in [-0.3, -0.25) is 4.79 Å². The number of para-hydroxylation sites is 1. The summed E-state index contributed by atoms with van der Waals surface area (Å²) in [4.78, 5) is 16.4. The van der Waals surface area contributed by atoms with Crippen molar-refractivity contribution in [2.45, 2.75) is 19.1 Å². The first-order valence-electron chi connectivity index (χ1n) is 11.5. The molecule has 2 atom stereocenters. The zero-order chi connectivity index (χ0) is 25.7. The molecule has 1 heterocycles. The van der Waals surface area contributed by atoms with E-state index in [4.69, 9.17) is 14.6 Å². The summed E-state index contributed by atoms with van der Waals surface area (Å²) in [7, 11) is 3.12. The van der Waals surface area contributed by atoms with Crippen molar-refractivity contribution in [3.63, 3.8) is 0 Å². The smallest absolute Gasteiger partial charge is 0.253 e. The van der Waals surface area contributed by atoms with Crippen LogP contribution >= 0.6 is 0 Å². The summed E-state index contributed by atoms with van der Waals surface area (Å²) in [5.41, 5.74) is 4.28. The third-order valence-electron chi connectivity index (χ3n) is 6.09. The van der Waals surface area contributed by atoms with Gasteiger partial charge in [0.25, 0.3) is 5.91 Å². The van der Waals surface area contributed by atoms with Crippen LogP contribution in [0.5, 0.6) is 11.5 Å². The molecule has 0 fully saturated rings. The van der Waals surface area contributed by atoms with Crippen LogP contribution in [0.2, 0.25) is 0 Å². The monoisotopic (exact) mass is 484 g/mol. The predicted molar refractivity (Wildman–Crippen MR) is 139 cm³/mol. The molecule has 1 unspecified atom stereocenters. The van der Waals surface area contributed by atoms with Gasteiger partial charge in [-0.15, -0.1) is 0 Å². The molecule has 36 heavy (non-hydrogen) atoms. The molecule has 7 nitrogen and oxygen atoms in total. The van der Waals surface area contributed by atoms with Gasteiger partial charge in [0.1, 0.15) is 12.8 Å². The van der Waals surface area contributed by atoms with E-state index in [1.165, 1.54) is 0 Å². The van der Waals surface area contributed by atoms with Gasteiger partial charge >= 0.3 is 0 Å². The lowest BCUT2D eigenvalue weighted by Gasteiger charge is -2.20. The Labute approximate surface area is 209 Å². The number of aromatic amines is 1. The highest BCUT2D eigenvalue weighted by Gasteiger charge is 2.22. The lowest BCUT2D eigenvalue weighted by Crippen LogP contribution is -2.38. The van der Waals surface area contributed by atoms with Crippen molar-refractivity contribution in [1.82, 2.24) is 10.3 Å². The summed E-state index contributed by atoms with van der Waals surface area (Å²) in [5.74, 6) is 5.83. The molecule has 3 aromatic carbocycles.